The smallest absolute Gasteiger partial charge is 0.171 e. The van der Waals surface area contributed by atoms with Crippen LogP contribution >= 0.6 is 0 Å². The second-order valence-electron chi connectivity index (χ2n) is 6.76. The van der Waals surface area contributed by atoms with Gasteiger partial charge in [-0.05, 0) is 0 Å². The molecular formula is C22H31MoN+2. The second kappa shape index (κ2) is 13.2. The summed E-state index contributed by atoms with van der Waals surface area (Å²) >= 11 is 1.81. The van der Waals surface area contributed by atoms with Crippen molar-refractivity contribution in [3.05, 3.63) is 71.6 Å². The summed E-state index contributed by atoms with van der Waals surface area (Å²) in [7, 11) is 0. The third-order valence-corrected chi connectivity index (χ3v) is 3.49. The molecule has 0 radical (unpaired) electrons. The molecular weight excluding hydrogens is 374 g/mol. The van der Waals surface area contributed by atoms with Gasteiger partial charge in [-0.2, -0.15) is 57.2 Å². The molecule has 0 N–H and O–H groups in total. The fourth-order valence-electron chi connectivity index (χ4n) is 1.96. The molecule has 0 saturated heterocycles. The maximum Gasteiger partial charge on any atom is -0.171 e. The van der Waals surface area contributed by atoms with E-state index in [1.54, 1.807) is 0 Å². The normalized spacial score (nSPS) is 10.0. The van der Waals surface area contributed by atoms with E-state index in [0.717, 1.165) is 0 Å². The summed E-state index contributed by atoms with van der Waals surface area (Å²) in [6.07, 6.45) is 0. The van der Waals surface area contributed by atoms with Gasteiger partial charge in [0.25, 0.3) is 0 Å². The Morgan fingerprint density at radius 1 is 0.833 bits per heavy atom. The zero-order valence-electron chi connectivity index (χ0n) is 16.1. The van der Waals surface area contributed by atoms with Gasteiger partial charge in [-0.25, -0.2) is 0 Å². The first-order valence-corrected chi connectivity index (χ1v) is 9.35. The van der Waals surface area contributed by atoms with Gasteiger partial charge in [0.1, 0.15) is 0 Å². The Bertz CT molecular complexity index is 504. The molecule has 2 aromatic carbocycles. The standard InChI is InChI=1S/C12H17N.C6H5.C4H9.Mo/c1-8(2)10-6-5-7-11(9(3)4)12(10)13;1-2-4-6-5-3-1;1-4(2)3;/h5-9H,1-4H3;1-5H;1-3H3;/q;2*-1;+4. The monoisotopic (exact) mass is 407 g/mol. The molecule has 0 bridgehead atoms. The average molecular weight is 405 g/mol. The molecule has 0 aliphatic rings. The van der Waals surface area contributed by atoms with Gasteiger partial charge in [0.15, 0.2) is 0 Å². The quantitative estimate of drug-likeness (QED) is 0.373. The minimum atomic E-state index is 0.550. The molecule has 0 fully saturated rings. The maximum absolute atomic E-state index is 4.42. The summed E-state index contributed by atoms with van der Waals surface area (Å²) in [5.74, 6) is 2.52. The van der Waals surface area contributed by atoms with Crippen molar-refractivity contribution in [1.29, 1.82) is 0 Å². The second-order valence-corrected chi connectivity index (χ2v) is 7.21. The van der Waals surface area contributed by atoms with Crippen LogP contribution in [0.1, 0.15) is 71.4 Å². The Hall–Kier alpha value is -1.07. The third kappa shape index (κ3) is 9.93. The van der Waals surface area contributed by atoms with Crippen LogP contribution in [-0.4, -0.2) is 0 Å². The summed E-state index contributed by atoms with van der Waals surface area (Å²) in [5.41, 5.74) is 3.92. The SMILES string of the molecule is CC(C)c1cccc(C(C)C)c1[N]=[Mo+4].C[C-](C)C.[c-]1ccccc1. The molecule has 2 heteroatoms. The van der Waals surface area contributed by atoms with E-state index in [2.05, 4.69) is 76.2 Å². The molecule has 128 valence electrons. The van der Waals surface area contributed by atoms with Crippen LogP contribution in [-0.2, 0) is 19.6 Å². The van der Waals surface area contributed by atoms with E-state index in [-0.39, 0.29) is 0 Å². The van der Waals surface area contributed by atoms with Crippen LogP contribution in [0.2, 0.25) is 0 Å². The predicted molar refractivity (Wildman–Crippen MR) is 102 cm³/mol. The molecule has 1 nitrogen and oxygen atoms in total. The van der Waals surface area contributed by atoms with Crippen molar-refractivity contribution in [1.82, 2.24) is 0 Å². The average Bonchev–Trinajstić information content (AvgIpc) is 2.55. The third-order valence-electron chi connectivity index (χ3n) is 3.04. The number of hydrogen-bond acceptors (Lipinski definition) is 1. The van der Waals surface area contributed by atoms with Crippen LogP contribution < -0.4 is 0 Å². The number of rotatable bonds is 3. The molecule has 0 heterocycles. The van der Waals surface area contributed by atoms with E-state index >= 15 is 0 Å². The van der Waals surface area contributed by atoms with Gasteiger partial charge >= 0.3 is 97.7 Å². The Morgan fingerprint density at radius 3 is 1.46 bits per heavy atom. The summed E-state index contributed by atoms with van der Waals surface area (Å²) in [6.45, 7) is 15.1. The van der Waals surface area contributed by atoms with Crippen LogP contribution in [0.3, 0.4) is 0 Å². The van der Waals surface area contributed by atoms with Gasteiger partial charge in [-0.3, -0.25) is 0 Å². The Morgan fingerprint density at radius 2 is 1.25 bits per heavy atom. The Labute approximate surface area is 160 Å². The Kier molecular flexibility index (Phi) is 12.7. The first-order valence-electron chi connectivity index (χ1n) is 8.45. The van der Waals surface area contributed by atoms with Crippen LogP contribution in [0, 0.1) is 12.0 Å². The number of hydrogen-bond donors (Lipinski definition) is 0. The largest absolute Gasteiger partial charge is 0.323 e. The summed E-state index contributed by atoms with van der Waals surface area (Å²) in [5, 5.41) is 0. The van der Waals surface area contributed by atoms with Crippen molar-refractivity contribution in [2.45, 2.75) is 60.3 Å². The molecule has 2 rings (SSSR count). The molecule has 2 aromatic rings. The van der Waals surface area contributed by atoms with Crippen molar-refractivity contribution in [2.24, 2.45) is 3.50 Å². The molecule has 0 aromatic heterocycles. The van der Waals surface area contributed by atoms with Crippen molar-refractivity contribution < 1.29 is 19.6 Å². The molecule has 0 atom stereocenters. The molecule has 0 unspecified atom stereocenters. The van der Waals surface area contributed by atoms with Gasteiger partial charge in [0.05, 0.1) is 0 Å². The van der Waals surface area contributed by atoms with E-state index in [4.69, 9.17) is 0 Å². The van der Waals surface area contributed by atoms with Crippen molar-refractivity contribution >= 4 is 5.69 Å². The maximum atomic E-state index is 4.42. The van der Waals surface area contributed by atoms with Gasteiger partial charge in [-0.1, -0.05) is 0 Å². The van der Waals surface area contributed by atoms with Crippen LogP contribution in [0.15, 0.2) is 52.0 Å². The fraction of sp³-hybridized carbons (Fsp3) is 0.409. The van der Waals surface area contributed by atoms with Crippen molar-refractivity contribution in [2.75, 3.05) is 0 Å². The summed E-state index contributed by atoms with van der Waals surface area (Å²) in [6, 6.07) is 19.0. The first kappa shape index (κ1) is 22.9. The molecule has 0 aliphatic heterocycles. The molecule has 0 spiro atoms. The number of benzene rings is 2. The predicted octanol–water partition coefficient (Wildman–Crippen LogP) is 7.40. The molecule has 0 saturated carbocycles. The summed E-state index contributed by atoms with van der Waals surface area (Å²) < 4.78 is 4.42. The van der Waals surface area contributed by atoms with Crippen LogP contribution in [0.25, 0.3) is 0 Å². The zero-order chi connectivity index (χ0) is 18.5. The van der Waals surface area contributed by atoms with E-state index in [9.17, 15) is 0 Å². The first-order chi connectivity index (χ1) is 11.3. The minimum absolute atomic E-state index is 0.550. The van der Waals surface area contributed by atoms with Crippen LogP contribution in [0.4, 0.5) is 5.69 Å². The van der Waals surface area contributed by atoms with E-state index in [1.807, 2.05) is 50.0 Å². The van der Waals surface area contributed by atoms with Gasteiger partial charge in [0, 0.05) is 0 Å². The van der Waals surface area contributed by atoms with Crippen molar-refractivity contribution in [3.63, 3.8) is 0 Å². The Balaban J connectivity index is 0.000000433. The molecule has 0 aliphatic carbocycles. The summed E-state index contributed by atoms with van der Waals surface area (Å²) in [4.78, 5) is 0. The molecule has 24 heavy (non-hydrogen) atoms. The number of nitrogens with zero attached hydrogens (tertiary/aromatic N) is 1. The van der Waals surface area contributed by atoms with Gasteiger partial charge in [0.2, 0.25) is 0 Å². The molecule has 0 amide bonds. The van der Waals surface area contributed by atoms with Crippen molar-refractivity contribution in [3.8, 4) is 0 Å². The fourth-order valence-corrected chi connectivity index (χ4v) is 2.48. The zero-order valence-corrected chi connectivity index (χ0v) is 18.1. The van der Waals surface area contributed by atoms with E-state index in [0.29, 0.717) is 11.8 Å². The minimum Gasteiger partial charge on any atom is -0.323 e. The van der Waals surface area contributed by atoms with E-state index < -0.39 is 0 Å². The van der Waals surface area contributed by atoms with Gasteiger partial charge < -0.3 is 5.92 Å². The van der Waals surface area contributed by atoms with Crippen LogP contribution in [0.5, 0.6) is 0 Å². The van der Waals surface area contributed by atoms with Gasteiger partial charge in [-0.15, -0.1) is 0 Å². The van der Waals surface area contributed by atoms with E-state index in [1.165, 1.54) is 22.7 Å². The topological polar surface area (TPSA) is 12.4 Å².